The van der Waals surface area contributed by atoms with Gasteiger partial charge in [-0.1, -0.05) is 26.7 Å². The maximum Gasteiger partial charge on any atom is 0.252 e. The molecule has 1 amide bonds. The Morgan fingerprint density at radius 2 is 2.09 bits per heavy atom. The molecule has 0 saturated carbocycles. The number of rotatable bonds is 7. The van der Waals surface area contributed by atoms with E-state index in [0.717, 1.165) is 48.5 Å². The summed E-state index contributed by atoms with van der Waals surface area (Å²) in [6, 6.07) is 2.27. The van der Waals surface area contributed by atoms with E-state index in [4.69, 9.17) is 4.74 Å². The van der Waals surface area contributed by atoms with Crippen LogP contribution >= 0.6 is 27.3 Å². The first kappa shape index (κ1) is 17.9. The van der Waals surface area contributed by atoms with Gasteiger partial charge in [-0.3, -0.25) is 9.69 Å². The molecular formula is C16H25BrN2O2S. The molecule has 1 aromatic rings. The van der Waals surface area contributed by atoms with Crippen LogP contribution in [0.15, 0.2) is 15.2 Å². The van der Waals surface area contributed by atoms with Crippen molar-refractivity contribution >= 4 is 33.2 Å². The van der Waals surface area contributed by atoms with Gasteiger partial charge < -0.3 is 10.1 Å². The lowest BCUT2D eigenvalue weighted by Gasteiger charge is -2.38. The number of hydrogen-bond donors (Lipinski definition) is 1. The molecule has 1 saturated heterocycles. The third-order valence-corrected chi connectivity index (χ3v) is 5.91. The van der Waals surface area contributed by atoms with Crippen molar-refractivity contribution in [2.75, 3.05) is 32.8 Å². The van der Waals surface area contributed by atoms with Crippen LogP contribution in [0.1, 0.15) is 37.0 Å². The van der Waals surface area contributed by atoms with E-state index in [0.29, 0.717) is 18.5 Å². The molecule has 22 heavy (non-hydrogen) atoms. The Labute approximate surface area is 145 Å². The molecule has 2 heterocycles. The van der Waals surface area contributed by atoms with Gasteiger partial charge in [0.1, 0.15) is 0 Å². The van der Waals surface area contributed by atoms with Crippen molar-refractivity contribution < 1.29 is 9.53 Å². The molecule has 6 heteroatoms. The summed E-state index contributed by atoms with van der Waals surface area (Å²) in [5.41, 5.74) is 0.738. The number of nitrogens with zero attached hydrogens (tertiary/aromatic N) is 1. The zero-order chi connectivity index (χ0) is 15.9. The Morgan fingerprint density at radius 1 is 1.41 bits per heavy atom. The van der Waals surface area contributed by atoms with Gasteiger partial charge in [-0.25, -0.2) is 0 Å². The van der Waals surface area contributed by atoms with Crippen LogP contribution in [0, 0.1) is 5.92 Å². The van der Waals surface area contributed by atoms with E-state index in [9.17, 15) is 4.79 Å². The normalized spacial score (nSPS) is 17.6. The van der Waals surface area contributed by atoms with E-state index in [2.05, 4.69) is 40.0 Å². The average molecular weight is 389 g/mol. The molecule has 1 unspecified atom stereocenters. The summed E-state index contributed by atoms with van der Waals surface area (Å²) in [6.07, 6.45) is 2.27. The highest BCUT2D eigenvalue weighted by atomic mass is 79.9. The highest BCUT2D eigenvalue weighted by Crippen LogP contribution is 2.22. The Hall–Kier alpha value is -0.430. The van der Waals surface area contributed by atoms with Crippen molar-refractivity contribution in [3.63, 3.8) is 0 Å². The monoisotopic (exact) mass is 388 g/mol. The number of hydrogen-bond acceptors (Lipinski definition) is 4. The topological polar surface area (TPSA) is 41.6 Å². The molecule has 1 aliphatic rings. The molecule has 1 atom stereocenters. The summed E-state index contributed by atoms with van der Waals surface area (Å²) in [7, 11) is 0. The lowest BCUT2D eigenvalue weighted by molar-refractivity contribution is 0.00191. The number of thiophene rings is 1. The van der Waals surface area contributed by atoms with Crippen LogP contribution in [-0.2, 0) is 4.74 Å². The minimum atomic E-state index is 0.0196. The molecule has 1 fully saturated rings. The second-order valence-corrected chi connectivity index (χ2v) is 7.93. The van der Waals surface area contributed by atoms with Crippen LogP contribution < -0.4 is 5.32 Å². The van der Waals surface area contributed by atoms with Gasteiger partial charge in [0.15, 0.2) is 0 Å². The fraction of sp³-hybridized carbons (Fsp3) is 0.688. The van der Waals surface area contributed by atoms with Gasteiger partial charge in [-0.05, 0) is 27.9 Å². The smallest absolute Gasteiger partial charge is 0.252 e. The number of carbonyl (C=O) groups is 1. The first-order valence-corrected chi connectivity index (χ1v) is 9.67. The standard InChI is InChI=1S/C16H25BrN2O2S/c1-3-12(4-2)14(19-5-7-21-8-6-19)10-18-16(20)13-9-15(17)22-11-13/h9,11-12,14H,3-8,10H2,1-2H3,(H,18,20). The summed E-state index contributed by atoms with van der Waals surface area (Å²) in [6.45, 7) is 8.68. The molecule has 0 bridgehead atoms. The highest BCUT2D eigenvalue weighted by molar-refractivity contribution is 9.11. The van der Waals surface area contributed by atoms with E-state index in [1.807, 2.05) is 11.4 Å². The molecule has 4 nitrogen and oxygen atoms in total. The zero-order valence-electron chi connectivity index (χ0n) is 13.3. The minimum Gasteiger partial charge on any atom is -0.379 e. The second-order valence-electron chi connectivity index (χ2n) is 5.64. The highest BCUT2D eigenvalue weighted by Gasteiger charge is 2.27. The van der Waals surface area contributed by atoms with Crippen LogP contribution in [0.25, 0.3) is 0 Å². The van der Waals surface area contributed by atoms with Crippen molar-refractivity contribution in [3.05, 3.63) is 20.8 Å². The maximum atomic E-state index is 12.3. The predicted octanol–water partition coefficient (Wildman–Crippen LogP) is 3.38. The van der Waals surface area contributed by atoms with Crippen LogP contribution in [-0.4, -0.2) is 49.7 Å². The summed E-state index contributed by atoms with van der Waals surface area (Å²) in [5.74, 6) is 0.624. The first-order chi connectivity index (χ1) is 10.7. The fourth-order valence-corrected chi connectivity index (χ4v) is 4.20. The number of nitrogens with one attached hydrogen (secondary N) is 1. The lowest BCUT2D eigenvalue weighted by atomic mass is 9.92. The van der Waals surface area contributed by atoms with Crippen molar-refractivity contribution in [1.82, 2.24) is 10.2 Å². The van der Waals surface area contributed by atoms with E-state index in [1.54, 1.807) is 0 Å². The number of morpholine rings is 1. The molecule has 0 spiro atoms. The summed E-state index contributed by atoms with van der Waals surface area (Å²) in [4.78, 5) is 14.8. The van der Waals surface area contributed by atoms with Crippen molar-refractivity contribution in [2.45, 2.75) is 32.7 Å². The van der Waals surface area contributed by atoms with Gasteiger partial charge in [0.25, 0.3) is 5.91 Å². The number of ether oxygens (including phenoxy) is 1. The SMILES string of the molecule is CCC(CC)C(CNC(=O)c1csc(Br)c1)N1CCOCC1. The van der Waals surface area contributed by atoms with E-state index in [1.165, 1.54) is 11.3 Å². The second kappa shape index (κ2) is 9.01. The third kappa shape index (κ3) is 4.78. The van der Waals surface area contributed by atoms with Crippen molar-refractivity contribution in [1.29, 1.82) is 0 Å². The molecule has 0 aromatic carbocycles. The van der Waals surface area contributed by atoms with Gasteiger partial charge >= 0.3 is 0 Å². The fourth-order valence-electron chi connectivity index (χ4n) is 3.06. The Kier molecular flexibility index (Phi) is 7.34. The van der Waals surface area contributed by atoms with Gasteiger partial charge in [0, 0.05) is 31.1 Å². The quantitative estimate of drug-likeness (QED) is 0.778. The molecule has 2 rings (SSSR count). The van der Waals surface area contributed by atoms with E-state index in [-0.39, 0.29) is 5.91 Å². The van der Waals surface area contributed by atoms with Crippen LogP contribution in [0.3, 0.4) is 0 Å². The van der Waals surface area contributed by atoms with Crippen molar-refractivity contribution in [3.8, 4) is 0 Å². The van der Waals surface area contributed by atoms with Gasteiger partial charge in [-0.2, -0.15) is 0 Å². The minimum absolute atomic E-state index is 0.0196. The Balaban J connectivity index is 1.97. The lowest BCUT2D eigenvalue weighted by Crippen LogP contribution is -2.52. The zero-order valence-corrected chi connectivity index (χ0v) is 15.7. The third-order valence-electron chi connectivity index (χ3n) is 4.41. The summed E-state index contributed by atoms with van der Waals surface area (Å²) in [5, 5.41) is 5.01. The first-order valence-electron chi connectivity index (χ1n) is 7.99. The number of amides is 1. The largest absolute Gasteiger partial charge is 0.379 e. The average Bonchev–Trinajstić information content (AvgIpc) is 2.98. The predicted molar refractivity (Wildman–Crippen MR) is 94.6 cm³/mol. The van der Waals surface area contributed by atoms with Crippen LogP contribution in [0.2, 0.25) is 0 Å². The van der Waals surface area contributed by atoms with E-state index < -0.39 is 0 Å². The molecule has 1 aromatic heterocycles. The number of carbonyl (C=O) groups excluding carboxylic acids is 1. The molecular weight excluding hydrogens is 364 g/mol. The van der Waals surface area contributed by atoms with Gasteiger partial charge in [0.05, 0.1) is 22.6 Å². The van der Waals surface area contributed by atoms with Crippen molar-refractivity contribution in [2.24, 2.45) is 5.92 Å². The summed E-state index contributed by atoms with van der Waals surface area (Å²) < 4.78 is 6.45. The molecule has 124 valence electrons. The molecule has 1 aliphatic heterocycles. The van der Waals surface area contributed by atoms with Crippen LogP contribution in [0.4, 0.5) is 0 Å². The number of halogens is 1. The van der Waals surface area contributed by atoms with Gasteiger partial charge in [-0.15, -0.1) is 11.3 Å². The summed E-state index contributed by atoms with van der Waals surface area (Å²) >= 11 is 4.94. The molecule has 0 aliphatic carbocycles. The van der Waals surface area contributed by atoms with E-state index >= 15 is 0 Å². The Morgan fingerprint density at radius 3 is 2.64 bits per heavy atom. The van der Waals surface area contributed by atoms with Gasteiger partial charge in [0.2, 0.25) is 0 Å². The maximum absolute atomic E-state index is 12.3. The Bertz CT molecular complexity index is 470. The molecule has 1 N–H and O–H groups in total. The molecule has 0 radical (unpaired) electrons. The van der Waals surface area contributed by atoms with Crippen LogP contribution in [0.5, 0.6) is 0 Å².